The van der Waals surface area contributed by atoms with E-state index in [4.69, 9.17) is 9.53 Å². The van der Waals surface area contributed by atoms with Crippen molar-refractivity contribution in [3.63, 3.8) is 0 Å². The Balaban J connectivity index is 1.54. The molecule has 242 valence electrons. The van der Waals surface area contributed by atoms with Crippen LogP contribution in [0, 0.1) is 11.8 Å². The third-order valence-electron chi connectivity index (χ3n) is 9.21. The second-order valence-corrected chi connectivity index (χ2v) is 18.7. The van der Waals surface area contributed by atoms with Crippen LogP contribution in [0.25, 0.3) is 10.1 Å². The van der Waals surface area contributed by atoms with Crippen LogP contribution in [0.5, 0.6) is 0 Å². The zero-order chi connectivity index (χ0) is 32.7. The van der Waals surface area contributed by atoms with E-state index in [0.717, 1.165) is 4.88 Å². The first kappa shape index (κ1) is 34.0. The van der Waals surface area contributed by atoms with Crippen LogP contribution in [0.3, 0.4) is 0 Å². The van der Waals surface area contributed by atoms with Gasteiger partial charge in [-0.1, -0.05) is 124 Å². The number of aliphatic hydroxyl groups excluding tert-OH is 2. The smallest absolute Gasteiger partial charge is 0.303 e. The highest BCUT2D eigenvalue weighted by Gasteiger charge is 2.51. The Morgan fingerprint density at radius 2 is 1.57 bits per heavy atom. The summed E-state index contributed by atoms with van der Waals surface area (Å²) in [6.45, 7) is 6.84. The summed E-state index contributed by atoms with van der Waals surface area (Å²) in [5, 5.41) is 34.3. The molecule has 0 bridgehead atoms. The lowest BCUT2D eigenvalue weighted by Gasteiger charge is -2.44. The molecule has 7 heteroatoms. The number of carboxylic acid groups (broad SMARTS) is 1. The Bertz CT molecular complexity index is 1550. The number of hydrogen-bond acceptors (Lipinski definition) is 5. The van der Waals surface area contributed by atoms with Crippen molar-refractivity contribution < 1.29 is 24.5 Å². The van der Waals surface area contributed by atoms with Crippen LogP contribution in [-0.4, -0.2) is 41.8 Å². The summed E-state index contributed by atoms with van der Waals surface area (Å²) in [6, 6.07) is 31.9. The summed E-state index contributed by atoms with van der Waals surface area (Å²) < 4.78 is 8.85. The van der Waals surface area contributed by atoms with Crippen LogP contribution in [0.4, 0.5) is 0 Å². The molecule has 4 aromatic rings. The summed E-state index contributed by atoms with van der Waals surface area (Å²) >= 11 is 1.74. The van der Waals surface area contributed by atoms with Gasteiger partial charge in [-0.3, -0.25) is 4.79 Å². The molecule has 1 saturated carbocycles. The van der Waals surface area contributed by atoms with Gasteiger partial charge < -0.3 is 19.7 Å². The van der Waals surface area contributed by atoms with E-state index in [9.17, 15) is 15.0 Å². The molecule has 5 nitrogen and oxygen atoms in total. The van der Waals surface area contributed by atoms with Crippen molar-refractivity contribution in [1.82, 2.24) is 0 Å². The number of allylic oxidation sites excluding steroid dienone is 2. The molecule has 1 aliphatic carbocycles. The van der Waals surface area contributed by atoms with E-state index in [1.165, 1.54) is 20.5 Å². The molecule has 1 aromatic heterocycles. The second-order valence-electron chi connectivity index (χ2n) is 13.4. The second kappa shape index (κ2) is 15.0. The first-order valence-electron chi connectivity index (χ1n) is 16.3. The van der Waals surface area contributed by atoms with E-state index in [0.29, 0.717) is 25.7 Å². The maximum absolute atomic E-state index is 11.1. The number of carboxylic acids is 1. The third kappa shape index (κ3) is 7.62. The van der Waals surface area contributed by atoms with Gasteiger partial charge in [-0.15, -0.1) is 11.3 Å². The molecule has 3 aromatic carbocycles. The minimum absolute atomic E-state index is 0.141. The minimum Gasteiger partial charge on any atom is -0.481 e. The lowest BCUT2D eigenvalue weighted by atomic mass is 9.89. The zero-order valence-electron chi connectivity index (χ0n) is 27.0. The molecule has 1 heterocycles. The Morgan fingerprint density at radius 1 is 0.935 bits per heavy atom. The number of unbranched alkanes of at least 4 members (excludes halogenated alkanes) is 1. The summed E-state index contributed by atoms with van der Waals surface area (Å²) in [4.78, 5) is 12.0. The minimum atomic E-state index is -2.92. The molecule has 5 atom stereocenters. The largest absolute Gasteiger partial charge is 0.481 e. The predicted molar refractivity (Wildman–Crippen MR) is 191 cm³/mol. The molecule has 0 radical (unpaired) electrons. The topological polar surface area (TPSA) is 87.0 Å². The van der Waals surface area contributed by atoms with Gasteiger partial charge in [0.15, 0.2) is 0 Å². The number of rotatable bonds is 13. The Kier molecular flexibility index (Phi) is 11.1. The molecule has 0 amide bonds. The quantitative estimate of drug-likeness (QED) is 0.0784. The van der Waals surface area contributed by atoms with Gasteiger partial charge in [-0.05, 0) is 58.1 Å². The Morgan fingerprint density at radius 3 is 2.17 bits per heavy atom. The van der Waals surface area contributed by atoms with Crippen molar-refractivity contribution in [1.29, 1.82) is 0 Å². The highest BCUT2D eigenvalue weighted by Crippen LogP contribution is 2.43. The van der Waals surface area contributed by atoms with E-state index in [-0.39, 0.29) is 29.4 Å². The number of aliphatic hydroxyl groups is 2. The average Bonchev–Trinajstić information content (AvgIpc) is 3.58. The number of thiophene rings is 1. The van der Waals surface area contributed by atoms with Gasteiger partial charge in [-0.25, -0.2) is 0 Å². The summed E-state index contributed by atoms with van der Waals surface area (Å²) in [5.41, 5.74) is 0. The fourth-order valence-corrected chi connectivity index (χ4v) is 12.7. The Labute approximate surface area is 278 Å². The molecular weight excluding hydrogens is 609 g/mol. The molecular formula is C39H46O5SSi. The molecule has 1 fully saturated rings. The van der Waals surface area contributed by atoms with Crippen LogP contribution < -0.4 is 10.4 Å². The van der Waals surface area contributed by atoms with Crippen molar-refractivity contribution in [3.05, 3.63) is 120 Å². The SMILES string of the molecule is CC(C)(C)[Si](O[C@H](/C=C/[C@@H]1[C@@H](CC=CCCCC(=O)O)[C@@H](O)C[C@H]1O)c1cc2ccccc2s1)(c1ccccc1)c1ccccc1. The van der Waals surface area contributed by atoms with E-state index in [1.54, 1.807) is 11.3 Å². The number of carbonyl (C=O) groups is 1. The molecule has 1 aliphatic rings. The van der Waals surface area contributed by atoms with Gasteiger partial charge in [0.1, 0.15) is 0 Å². The maximum atomic E-state index is 11.1. The van der Waals surface area contributed by atoms with Gasteiger partial charge in [0.25, 0.3) is 8.32 Å². The van der Waals surface area contributed by atoms with Crippen molar-refractivity contribution in [3.8, 4) is 0 Å². The van der Waals surface area contributed by atoms with Crippen molar-refractivity contribution >= 4 is 46.1 Å². The summed E-state index contributed by atoms with van der Waals surface area (Å²) in [6.07, 6.45) is 8.92. The molecule has 3 N–H and O–H groups in total. The van der Waals surface area contributed by atoms with Gasteiger partial charge in [-0.2, -0.15) is 0 Å². The first-order chi connectivity index (χ1) is 22.1. The lowest BCUT2D eigenvalue weighted by Crippen LogP contribution is -2.66. The van der Waals surface area contributed by atoms with E-state index in [2.05, 4.69) is 112 Å². The van der Waals surface area contributed by atoms with Crippen LogP contribution in [0.2, 0.25) is 5.04 Å². The molecule has 0 aliphatic heterocycles. The van der Waals surface area contributed by atoms with Gasteiger partial charge in [0.2, 0.25) is 0 Å². The van der Waals surface area contributed by atoms with Crippen molar-refractivity contribution in [2.24, 2.45) is 11.8 Å². The molecule has 46 heavy (non-hydrogen) atoms. The predicted octanol–water partition coefficient (Wildman–Crippen LogP) is 7.63. The van der Waals surface area contributed by atoms with E-state index < -0.39 is 26.5 Å². The number of fused-ring (bicyclic) bond motifs is 1. The van der Waals surface area contributed by atoms with Gasteiger partial charge >= 0.3 is 5.97 Å². The molecule has 0 saturated heterocycles. The first-order valence-corrected chi connectivity index (χ1v) is 19.0. The van der Waals surface area contributed by atoms with Crippen LogP contribution in [0.1, 0.15) is 63.9 Å². The summed E-state index contributed by atoms with van der Waals surface area (Å²) in [5.74, 6) is -1.17. The highest BCUT2D eigenvalue weighted by molar-refractivity contribution is 7.19. The van der Waals surface area contributed by atoms with Gasteiger partial charge in [0.05, 0.1) is 18.3 Å². The van der Waals surface area contributed by atoms with Crippen LogP contribution in [0.15, 0.2) is 115 Å². The number of benzene rings is 3. The zero-order valence-corrected chi connectivity index (χ0v) is 28.8. The van der Waals surface area contributed by atoms with E-state index in [1.807, 2.05) is 24.3 Å². The Hall–Kier alpha value is -3.33. The number of hydrogen-bond donors (Lipinski definition) is 3. The molecule has 5 rings (SSSR count). The number of aliphatic carboxylic acids is 1. The maximum Gasteiger partial charge on any atom is 0.303 e. The van der Waals surface area contributed by atoms with Gasteiger partial charge in [0, 0.05) is 28.3 Å². The fourth-order valence-electron chi connectivity index (χ4n) is 6.89. The normalized spacial score (nSPS) is 21.4. The summed E-state index contributed by atoms with van der Waals surface area (Å²) in [7, 11) is -2.92. The average molecular weight is 655 g/mol. The van der Waals surface area contributed by atoms with Crippen molar-refractivity contribution in [2.75, 3.05) is 0 Å². The highest BCUT2D eigenvalue weighted by atomic mass is 32.1. The fraction of sp³-hybridized carbons (Fsp3) is 0.359. The van der Waals surface area contributed by atoms with Crippen LogP contribution >= 0.6 is 11.3 Å². The molecule has 0 spiro atoms. The van der Waals surface area contributed by atoms with Crippen molar-refractivity contribution in [2.45, 2.75) is 76.2 Å². The van der Waals surface area contributed by atoms with Crippen LogP contribution in [-0.2, 0) is 9.22 Å². The third-order valence-corrected chi connectivity index (χ3v) is 15.4. The molecule has 0 unspecified atom stereocenters. The standard InChI is InChI=1S/C39H46O5SSi/c1-39(2,3)46(29-17-8-6-9-18-29,30-19-10-7-11-20-30)44-35(37-26-28-16-14-15-22-36(28)45-37)25-24-32-31(33(40)27-34(32)41)21-12-4-5-13-23-38(42)43/h4,6-12,14-20,22,24-26,31-35,40-41H,5,13,21,23,27H2,1-3H3,(H,42,43)/b12-4?,25-24+/t31-,32-,33+,34-,35-/m1/s1. The lowest BCUT2D eigenvalue weighted by molar-refractivity contribution is -0.137. The monoisotopic (exact) mass is 654 g/mol. The van der Waals surface area contributed by atoms with E-state index >= 15 is 0 Å².